The third-order valence-electron chi connectivity index (χ3n) is 2.89. The van der Waals surface area contributed by atoms with Crippen molar-refractivity contribution < 1.29 is 0 Å². The molecule has 1 N–H and O–H groups in total. The largest absolute Gasteiger partial charge is 0.307 e. The van der Waals surface area contributed by atoms with E-state index in [1.165, 1.54) is 0 Å². The summed E-state index contributed by atoms with van der Waals surface area (Å²) in [5.74, 6) is 1.94. The van der Waals surface area contributed by atoms with Crippen molar-refractivity contribution in [2.24, 2.45) is 0 Å². The Hall–Kier alpha value is -1.27. The predicted molar refractivity (Wildman–Crippen MR) is 62.2 cm³/mol. The number of aromatic nitrogens is 4. The summed E-state index contributed by atoms with van der Waals surface area (Å²) in [5.41, 5.74) is 2.76. The first-order valence-corrected chi connectivity index (χ1v) is 6.39. The minimum absolute atomic E-state index is 0.327. The van der Waals surface area contributed by atoms with Gasteiger partial charge in [0.15, 0.2) is 11.6 Å². The lowest BCUT2D eigenvalue weighted by Gasteiger charge is -2.23. The number of nitrogens with zero attached hydrogens (tertiary/aromatic N) is 4. The van der Waals surface area contributed by atoms with Crippen molar-refractivity contribution in [3.63, 3.8) is 0 Å². The van der Waals surface area contributed by atoms with Crippen molar-refractivity contribution in [1.82, 2.24) is 25.1 Å². The summed E-state index contributed by atoms with van der Waals surface area (Å²) in [4.78, 5) is 4.29. The zero-order valence-corrected chi connectivity index (χ0v) is 9.87. The Morgan fingerprint density at radius 1 is 1.56 bits per heavy atom. The smallest absolute Gasteiger partial charge is 0.183 e. The van der Waals surface area contributed by atoms with Gasteiger partial charge in [-0.25, -0.2) is 4.98 Å². The molecule has 0 bridgehead atoms. The van der Waals surface area contributed by atoms with Gasteiger partial charge in [-0.1, -0.05) is 6.92 Å². The molecule has 0 radical (unpaired) electrons. The lowest BCUT2D eigenvalue weighted by molar-refractivity contribution is 0.407. The summed E-state index contributed by atoms with van der Waals surface area (Å²) in [6.45, 7) is 4.05. The molecule has 0 aromatic carbocycles. The fourth-order valence-corrected chi connectivity index (χ4v) is 2.61. The molecule has 1 atom stereocenters. The second kappa shape index (κ2) is 3.95. The van der Waals surface area contributed by atoms with Crippen LogP contribution in [0.2, 0.25) is 0 Å². The number of rotatable bonds is 2. The molecule has 0 amide bonds. The average molecular weight is 235 g/mol. The van der Waals surface area contributed by atoms with Crippen molar-refractivity contribution in [2.45, 2.75) is 25.9 Å². The van der Waals surface area contributed by atoms with E-state index in [0.29, 0.717) is 6.04 Å². The van der Waals surface area contributed by atoms with Gasteiger partial charge in [-0.2, -0.15) is 0 Å². The zero-order chi connectivity index (χ0) is 11.0. The Labute approximate surface area is 97.5 Å². The highest BCUT2D eigenvalue weighted by atomic mass is 32.1. The standard InChI is InChI=1S/C10H13N5S/c1-2-7-9-13-14-10(8-5-16-6-12-8)15(9)4-3-11-7/h5-7,11H,2-4H2,1H3. The van der Waals surface area contributed by atoms with Crippen LogP contribution in [0.3, 0.4) is 0 Å². The van der Waals surface area contributed by atoms with Gasteiger partial charge in [-0.15, -0.1) is 21.5 Å². The maximum Gasteiger partial charge on any atom is 0.183 e. The quantitative estimate of drug-likeness (QED) is 0.856. The first kappa shape index (κ1) is 9.92. The fraction of sp³-hybridized carbons (Fsp3) is 0.500. The van der Waals surface area contributed by atoms with Crippen LogP contribution in [0.15, 0.2) is 10.9 Å². The lowest BCUT2D eigenvalue weighted by atomic mass is 10.2. The van der Waals surface area contributed by atoms with E-state index in [0.717, 1.165) is 36.9 Å². The van der Waals surface area contributed by atoms with Crippen molar-refractivity contribution in [3.8, 4) is 11.5 Å². The van der Waals surface area contributed by atoms with E-state index in [1.54, 1.807) is 11.3 Å². The van der Waals surface area contributed by atoms with Gasteiger partial charge in [-0.05, 0) is 6.42 Å². The lowest BCUT2D eigenvalue weighted by Crippen LogP contribution is -2.33. The van der Waals surface area contributed by atoms with Gasteiger partial charge in [0, 0.05) is 18.5 Å². The van der Waals surface area contributed by atoms with Gasteiger partial charge in [0.2, 0.25) is 0 Å². The molecule has 2 aromatic rings. The Kier molecular flexibility index (Phi) is 2.45. The summed E-state index contributed by atoms with van der Waals surface area (Å²) in [6, 6.07) is 0.327. The first-order chi connectivity index (χ1) is 7.90. The van der Waals surface area contributed by atoms with E-state index in [-0.39, 0.29) is 0 Å². The van der Waals surface area contributed by atoms with Crippen LogP contribution in [-0.4, -0.2) is 26.3 Å². The maximum atomic E-state index is 4.29. The van der Waals surface area contributed by atoms with E-state index >= 15 is 0 Å². The van der Waals surface area contributed by atoms with Gasteiger partial charge in [0.05, 0.1) is 11.6 Å². The SMILES string of the molecule is CCC1NCCn2c(-c3cscn3)nnc21. The molecule has 5 nitrogen and oxygen atoms in total. The summed E-state index contributed by atoms with van der Waals surface area (Å²) in [5, 5.41) is 14.0. The molecule has 0 fully saturated rings. The third-order valence-corrected chi connectivity index (χ3v) is 3.47. The Morgan fingerprint density at radius 2 is 2.50 bits per heavy atom. The summed E-state index contributed by atoms with van der Waals surface area (Å²) >= 11 is 1.59. The zero-order valence-electron chi connectivity index (χ0n) is 9.05. The van der Waals surface area contributed by atoms with Crippen LogP contribution >= 0.6 is 11.3 Å². The highest BCUT2D eigenvalue weighted by molar-refractivity contribution is 7.07. The van der Waals surface area contributed by atoms with Crippen LogP contribution in [0.5, 0.6) is 0 Å². The predicted octanol–water partition coefficient (Wildman–Crippen LogP) is 1.46. The molecule has 0 spiro atoms. The molecule has 3 rings (SSSR count). The van der Waals surface area contributed by atoms with E-state index in [4.69, 9.17) is 0 Å². The first-order valence-electron chi connectivity index (χ1n) is 5.45. The summed E-state index contributed by atoms with van der Waals surface area (Å²) < 4.78 is 2.18. The Bertz CT molecular complexity index is 475. The number of nitrogens with one attached hydrogen (secondary N) is 1. The molecular formula is C10H13N5S. The van der Waals surface area contributed by atoms with Crippen molar-refractivity contribution in [3.05, 3.63) is 16.7 Å². The van der Waals surface area contributed by atoms with Crippen LogP contribution in [0.1, 0.15) is 25.2 Å². The number of hydrogen-bond acceptors (Lipinski definition) is 5. The second-order valence-electron chi connectivity index (χ2n) is 3.82. The molecule has 6 heteroatoms. The van der Waals surface area contributed by atoms with Gasteiger partial charge in [0.25, 0.3) is 0 Å². The number of thiazole rings is 1. The van der Waals surface area contributed by atoms with Crippen molar-refractivity contribution in [2.75, 3.05) is 6.54 Å². The maximum absolute atomic E-state index is 4.29. The third kappa shape index (κ3) is 1.45. The molecular weight excluding hydrogens is 222 g/mol. The molecule has 0 aliphatic carbocycles. The minimum Gasteiger partial charge on any atom is -0.307 e. The van der Waals surface area contributed by atoms with Crippen LogP contribution in [-0.2, 0) is 6.54 Å². The highest BCUT2D eigenvalue weighted by Gasteiger charge is 2.24. The van der Waals surface area contributed by atoms with Crippen LogP contribution in [0.25, 0.3) is 11.5 Å². The topological polar surface area (TPSA) is 55.6 Å². The van der Waals surface area contributed by atoms with E-state index in [1.807, 2.05) is 10.9 Å². The molecule has 1 aliphatic heterocycles. The minimum atomic E-state index is 0.327. The van der Waals surface area contributed by atoms with Crippen molar-refractivity contribution >= 4 is 11.3 Å². The van der Waals surface area contributed by atoms with E-state index in [9.17, 15) is 0 Å². The van der Waals surface area contributed by atoms with Gasteiger partial charge < -0.3 is 9.88 Å². The molecule has 0 saturated carbocycles. The number of fused-ring (bicyclic) bond motifs is 1. The van der Waals surface area contributed by atoms with Gasteiger partial charge in [-0.3, -0.25) is 0 Å². The Balaban J connectivity index is 2.06. The fourth-order valence-electron chi connectivity index (χ4n) is 2.07. The van der Waals surface area contributed by atoms with E-state index < -0.39 is 0 Å². The second-order valence-corrected chi connectivity index (χ2v) is 4.54. The Morgan fingerprint density at radius 3 is 3.25 bits per heavy atom. The van der Waals surface area contributed by atoms with Crippen molar-refractivity contribution in [1.29, 1.82) is 0 Å². The highest BCUT2D eigenvalue weighted by Crippen LogP contribution is 2.24. The summed E-state index contributed by atoms with van der Waals surface area (Å²) in [7, 11) is 0. The van der Waals surface area contributed by atoms with Crippen LogP contribution in [0, 0.1) is 0 Å². The molecule has 0 saturated heterocycles. The number of hydrogen-bond donors (Lipinski definition) is 1. The summed E-state index contributed by atoms with van der Waals surface area (Å²) in [6.07, 6.45) is 1.04. The molecule has 16 heavy (non-hydrogen) atoms. The molecule has 3 heterocycles. The van der Waals surface area contributed by atoms with Crippen LogP contribution < -0.4 is 5.32 Å². The van der Waals surface area contributed by atoms with Gasteiger partial charge in [0.1, 0.15) is 5.69 Å². The normalized spacial score (nSPS) is 19.7. The van der Waals surface area contributed by atoms with E-state index in [2.05, 4.69) is 32.0 Å². The van der Waals surface area contributed by atoms with Gasteiger partial charge >= 0.3 is 0 Å². The molecule has 84 valence electrons. The molecule has 1 unspecified atom stereocenters. The monoisotopic (exact) mass is 235 g/mol. The molecule has 1 aliphatic rings. The van der Waals surface area contributed by atoms with Crippen LogP contribution in [0.4, 0.5) is 0 Å². The molecule has 2 aromatic heterocycles. The average Bonchev–Trinajstić information content (AvgIpc) is 2.96.